The largest absolute Gasteiger partial charge is 0.478 e. The zero-order chi connectivity index (χ0) is 14.2. The molecular formula is C14H20N2O3. The van der Waals surface area contributed by atoms with Crippen molar-refractivity contribution in [1.82, 2.24) is 4.98 Å². The van der Waals surface area contributed by atoms with Gasteiger partial charge < -0.3 is 15.1 Å². The molecule has 5 heteroatoms. The Hall–Kier alpha value is -1.62. The van der Waals surface area contributed by atoms with Gasteiger partial charge in [0.25, 0.3) is 0 Å². The molecule has 0 bridgehead atoms. The lowest BCUT2D eigenvalue weighted by molar-refractivity contribution is 0.0696. The smallest absolute Gasteiger partial charge is 0.339 e. The van der Waals surface area contributed by atoms with Crippen molar-refractivity contribution in [3.05, 3.63) is 22.9 Å². The van der Waals surface area contributed by atoms with Crippen molar-refractivity contribution in [3.63, 3.8) is 0 Å². The fourth-order valence-corrected chi connectivity index (χ4v) is 2.68. The molecule has 1 aliphatic heterocycles. The van der Waals surface area contributed by atoms with Gasteiger partial charge in [-0.15, -0.1) is 0 Å². The van der Waals surface area contributed by atoms with Crippen molar-refractivity contribution in [2.45, 2.75) is 33.3 Å². The van der Waals surface area contributed by atoms with E-state index in [2.05, 4.69) is 4.98 Å². The summed E-state index contributed by atoms with van der Waals surface area (Å²) in [5.41, 5.74) is 1.82. The number of aryl methyl sites for hydroxylation is 2. The molecule has 2 atom stereocenters. The van der Waals surface area contributed by atoms with E-state index in [1.807, 2.05) is 11.8 Å². The minimum Gasteiger partial charge on any atom is -0.478 e. The fourth-order valence-electron chi connectivity index (χ4n) is 2.68. The first-order chi connectivity index (χ1) is 8.90. The van der Waals surface area contributed by atoms with Crippen LogP contribution >= 0.6 is 0 Å². The summed E-state index contributed by atoms with van der Waals surface area (Å²) in [5, 5.41) is 19.0. The van der Waals surface area contributed by atoms with Gasteiger partial charge in [0.15, 0.2) is 0 Å². The summed E-state index contributed by atoms with van der Waals surface area (Å²) in [6, 6.07) is 1.79. The van der Waals surface area contributed by atoms with Gasteiger partial charge in [0, 0.05) is 24.7 Å². The quantitative estimate of drug-likeness (QED) is 0.867. The molecular weight excluding hydrogens is 244 g/mol. The Morgan fingerprint density at radius 1 is 1.53 bits per heavy atom. The lowest BCUT2D eigenvalue weighted by Gasteiger charge is -2.21. The molecule has 0 radical (unpaired) electrons. The van der Waals surface area contributed by atoms with Crippen molar-refractivity contribution in [2.24, 2.45) is 5.92 Å². The molecule has 0 aromatic carbocycles. The highest BCUT2D eigenvalue weighted by Gasteiger charge is 2.30. The van der Waals surface area contributed by atoms with Crippen LogP contribution in [-0.2, 0) is 0 Å². The number of rotatable bonds is 3. The molecule has 2 heterocycles. The number of hydrogen-bond donors (Lipinski definition) is 2. The normalized spacial score (nSPS) is 20.6. The second kappa shape index (κ2) is 5.17. The van der Waals surface area contributed by atoms with Crippen LogP contribution in [-0.4, -0.2) is 40.4 Å². The van der Waals surface area contributed by atoms with Crippen LogP contribution in [0.3, 0.4) is 0 Å². The van der Waals surface area contributed by atoms with E-state index >= 15 is 0 Å². The number of pyridine rings is 1. The van der Waals surface area contributed by atoms with Gasteiger partial charge in [0.2, 0.25) is 0 Å². The fraction of sp³-hybridized carbons (Fsp3) is 0.571. The van der Waals surface area contributed by atoms with Crippen molar-refractivity contribution >= 4 is 11.8 Å². The Bertz CT molecular complexity index is 500. The number of aromatic nitrogens is 1. The van der Waals surface area contributed by atoms with Crippen LogP contribution in [0.4, 0.5) is 5.82 Å². The summed E-state index contributed by atoms with van der Waals surface area (Å²) >= 11 is 0. The van der Waals surface area contributed by atoms with E-state index in [0.29, 0.717) is 12.4 Å². The zero-order valence-electron chi connectivity index (χ0n) is 11.6. The second-order valence-electron chi connectivity index (χ2n) is 5.32. The molecule has 1 aliphatic rings. The van der Waals surface area contributed by atoms with Crippen LogP contribution < -0.4 is 4.90 Å². The van der Waals surface area contributed by atoms with Crippen molar-refractivity contribution < 1.29 is 15.0 Å². The standard InChI is InChI=1S/C14H20N2O3/c1-8-6-9(2)15-13(12(8)14(18)19)16-5-4-11(7-16)10(3)17/h6,10-11,17H,4-5,7H2,1-3H3,(H,18,19). The molecule has 0 amide bonds. The third kappa shape index (κ3) is 2.71. The van der Waals surface area contributed by atoms with Crippen LogP contribution in [0.5, 0.6) is 0 Å². The molecule has 1 aromatic rings. The predicted molar refractivity (Wildman–Crippen MR) is 72.7 cm³/mol. The Balaban J connectivity index is 2.37. The van der Waals surface area contributed by atoms with Crippen LogP contribution in [0.1, 0.15) is 35.0 Å². The number of anilines is 1. The predicted octanol–water partition coefficient (Wildman–Crippen LogP) is 1.60. The van der Waals surface area contributed by atoms with E-state index in [4.69, 9.17) is 0 Å². The van der Waals surface area contributed by atoms with E-state index < -0.39 is 5.97 Å². The summed E-state index contributed by atoms with van der Waals surface area (Å²) < 4.78 is 0. The minimum absolute atomic E-state index is 0.185. The SMILES string of the molecule is Cc1cc(C)c(C(=O)O)c(N2CCC(C(C)O)C2)n1. The zero-order valence-corrected chi connectivity index (χ0v) is 11.6. The molecule has 2 N–H and O–H groups in total. The van der Waals surface area contributed by atoms with E-state index in [1.54, 1.807) is 19.9 Å². The molecule has 0 aliphatic carbocycles. The van der Waals surface area contributed by atoms with E-state index in [9.17, 15) is 15.0 Å². The van der Waals surface area contributed by atoms with Crippen molar-refractivity contribution in [3.8, 4) is 0 Å². The maximum absolute atomic E-state index is 11.4. The molecule has 1 saturated heterocycles. The van der Waals surface area contributed by atoms with Crippen molar-refractivity contribution in [2.75, 3.05) is 18.0 Å². The maximum atomic E-state index is 11.4. The number of carboxylic acid groups (broad SMARTS) is 1. The Morgan fingerprint density at radius 3 is 2.74 bits per heavy atom. The van der Waals surface area contributed by atoms with Gasteiger partial charge in [-0.1, -0.05) is 0 Å². The van der Waals surface area contributed by atoms with E-state index in [1.165, 1.54) is 0 Å². The van der Waals surface area contributed by atoms with Crippen LogP contribution in [0.25, 0.3) is 0 Å². The number of aromatic carboxylic acids is 1. The van der Waals surface area contributed by atoms with Gasteiger partial charge in [-0.3, -0.25) is 0 Å². The lowest BCUT2D eigenvalue weighted by atomic mass is 10.0. The molecule has 0 spiro atoms. The highest BCUT2D eigenvalue weighted by Crippen LogP contribution is 2.29. The summed E-state index contributed by atoms with van der Waals surface area (Å²) in [7, 11) is 0. The number of carboxylic acids is 1. The van der Waals surface area contributed by atoms with Gasteiger partial charge in [0.05, 0.1) is 6.10 Å². The van der Waals surface area contributed by atoms with Crippen LogP contribution in [0, 0.1) is 19.8 Å². The summed E-state index contributed by atoms with van der Waals surface area (Å²) in [6.45, 7) is 6.84. The van der Waals surface area contributed by atoms with Crippen LogP contribution in [0.15, 0.2) is 6.07 Å². The first-order valence-electron chi connectivity index (χ1n) is 6.54. The number of aliphatic hydroxyl groups is 1. The summed E-state index contributed by atoms with van der Waals surface area (Å²) in [5.74, 6) is -0.224. The molecule has 0 saturated carbocycles. The summed E-state index contributed by atoms with van der Waals surface area (Å²) in [6.07, 6.45) is 0.495. The molecule has 1 aromatic heterocycles. The first-order valence-corrected chi connectivity index (χ1v) is 6.54. The third-order valence-electron chi connectivity index (χ3n) is 3.75. The Labute approximate surface area is 112 Å². The Morgan fingerprint density at radius 2 is 2.21 bits per heavy atom. The lowest BCUT2D eigenvalue weighted by Crippen LogP contribution is -2.27. The van der Waals surface area contributed by atoms with Gasteiger partial charge in [-0.05, 0) is 38.8 Å². The molecule has 1 fully saturated rings. The molecule has 104 valence electrons. The topological polar surface area (TPSA) is 73.7 Å². The Kier molecular flexibility index (Phi) is 3.75. The average Bonchev–Trinajstić information content (AvgIpc) is 2.76. The van der Waals surface area contributed by atoms with Gasteiger partial charge in [-0.2, -0.15) is 0 Å². The molecule has 2 rings (SSSR count). The van der Waals surface area contributed by atoms with Crippen molar-refractivity contribution in [1.29, 1.82) is 0 Å². The maximum Gasteiger partial charge on any atom is 0.339 e. The molecule has 19 heavy (non-hydrogen) atoms. The highest BCUT2D eigenvalue weighted by atomic mass is 16.4. The van der Waals surface area contributed by atoms with E-state index in [-0.39, 0.29) is 17.6 Å². The third-order valence-corrected chi connectivity index (χ3v) is 3.75. The average molecular weight is 264 g/mol. The number of hydrogen-bond acceptors (Lipinski definition) is 4. The van der Waals surface area contributed by atoms with Gasteiger partial charge in [-0.25, -0.2) is 9.78 Å². The monoisotopic (exact) mass is 264 g/mol. The number of aliphatic hydroxyl groups excluding tert-OH is 1. The molecule has 5 nitrogen and oxygen atoms in total. The van der Waals surface area contributed by atoms with Gasteiger partial charge >= 0.3 is 5.97 Å². The summed E-state index contributed by atoms with van der Waals surface area (Å²) in [4.78, 5) is 17.8. The molecule has 2 unspecified atom stereocenters. The van der Waals surface area contributed by atoms with E-state index in [0.717, 1.165) is 24.2 Å². The first kappa shape index (κ1) is 13.8. The second-order valence-corrected chi connectivity index (χ2v) is 5.32. The van der Waals surface area contributed by atoms with Crippen LogP contribution in [0.2, 0.25) is 0 Å². The van der Waals surface area contributed by atoms with Gasteiger partial charge in [0.1, 0.15) is 11.4 Å². The number of carbonyl (C=O) groups is 1. The minimum atomic E-state index is -0.944. The number of nitrogens with zero attached hydrogens (tertiary/aromatic N) is 2. The highest BCUT2D eigenvalue weighted by molar-refractivity contribution is 5.95.